The largest absolute Gasteiger partial charge is 0.353 e. The molecular formula is C16H23BrN2O. The number of nitrogens with one attached hydrogen (secondary N) is 1. The molecule has 4 heteroatoms. The second kappa shape index (κ2) is 7.23. The van der Waals surface area contributed by atoms with Gasteiger partial charge in [0.15, 0.2) is 0 Å². The fourth-order valence-corrected chi connectivity index (χ4v) is 3.13. The van der Waals surface area contributed by atoms with Crippen molar-refractivity contribution in [3.05, 3.63) is 33.8 Å². The number of hydrogen-bond donors (Lipinski definition) is 2. The van der Waals surface area contributed by atoms with Crippen molar-refractivity contribution < 1.29 is 4.79 Å². The van der Waals surface area contributed by atoms with Crippen LogP contribution in [0.3, 0.4) is 0 Å². The third-order valence-electron chi connectivity index (χ3n) is 4.07. The van der Waals surface area contributed by atoms with E-state index in [1.807, 2.05) is 6.07 Å². The summed E-state index contributed by atoms with van der Waals surface area (Å²) in [5.74, 6) is 0.157. The van der Waals surface area contributed by atoms with Gasteiger partial charge in [0, 0.05) is 23.0 Å². The quantitative estimate of drug-likeness (QED) is 0.886. The van der Waals surface area contributed by atoms with Gasteiger partial charge in [0.2, 0.25) is 5.91 Å². The smallest absolute Gasteiger partial charge is 0.220 e. The highest BCUT2D eigenvalue weighted by molar-refractivity contribution is 9.10. The van der Waals surface area contributed by atoms with Crippen molar-refractivity contribution in [2.45, 2.75) is 57.5 Å². The minimum absolute atomic E-state index is 0.157. The van der Waals surface area contributed by atoms with Gasteiger partial charge >= 0.3 is 0 Å². The topological polar surface area (TPSA) is 55.1 Å². The van der Waals surface area contributed by atoms with Crippen molar-refractivity contribution in [2.24, 2.45) is 5.73 Å². The Hall–Kier alpha value is -0.870. The lowest BCUT2D eigenvalue weighted by Crippen LogP contribution is -2.40. The first-order chi connectivity index (χ1) is 9.54. The fourth-order valence-electron chi connectivity index (χ4n) is 2.72. The third kappa shape index (κ3) is 4.60. The monoisotopic (exact) mass is 338 g/mol. The van der Waals surface area contributed by atoms with Gasteiger partial charge in [-0.2, -0.15) is 0 Å². The lowest BCUT2D eigenvalue weighted by molar-refractivity contribution is -0.122. The molecule has 3 nitrogen and oxygen atoms in total. The Kier molecular flexibility index (Phi) is 5.61. The van der Waals surface area contributed by atoms with E-state index >= 15 is 0 Å². The van der Waals surface area contributed by atoms with Crippen LogP contribution in [0, 0.1) is 6.92 Å². The summed E-state index contributed by atoms with van der Waals surface area (Å²) in [6.07, 6.45) is 5.43. The second-order valence-corrected chi connectivity index (χ2v) is 6.67. The van der Waals surface area contributed by atoms with E-state index in [1.54, 1.807) is 0 Å². The molecule has 1 aliphatic rings. The average Bonchev–Trinajstić information content (AvgIpc) is 2.42. The van der Waals surface area contributed by atoms with Crippen LogP contribution in [0.2, 0.25) is 0 Å². The molecule has 0 unspecified atom stereocenters. The molecule has 1 aliphatic carbocycles. The number of benzene rings is 1. The Bertz CT molecular complexity index is 468. The van der Waals surface area contributed by atoms with Crippen LogP contribution in [0.1, 0.15) is 43.2 Å². The predicted molar refractivity (Wildman–Crippen MR) is 85.6 cm³/mol. The van der Waals surface area contributed by atoms with E-state index in [0.717, 1.165) is 36.6 Å². The minimum Gasteiger partial charge on any atom is -0.353 e. The van der Waals surface area contributed by atoms with E-state index in [2.05, 4.69) is 40.3 Å². The lowest BCUT2D eigenvalue weighted by Gasteiger charge is -2.26. The van der Waals surface area contributed by atoms with Gasteiger partial charge in [0.05, 0.1) is 0 Å². The van der Waals surface area contributed by atoms with Gasteiger partial charge in [-0.15, -0.1) is 0 Å². The van der Waals surface area contributed by atoms with Gasteiger partial charge in [-0.25, -0.2) is 0 Å². The molecule has 1 fully saturated rings. The lowest BCUT2D eigenvalue weighted by atomic mass is 9.91. The summed E-state index contributed by atoms with van der Waals surface area (Å²) in [7, 11) is 0. The zero-order valence-electron chi connectivity index (χ0n) is 12.0. The summed E-state index contributed by atoms with van der Waals surface area (Å²) < 4.78 is 1.07. The fraction of sp³-hybridized carbons (Fsp3) is 0.562. The standard InChI is InChI=1S/C16H23BrN2O/c1-11-2-4-13(17)10-12(11)3-9-16(20)19-15-7-5-14(18)6-8-15/h2,4,10,14-15H,3,5-9,18H2,1H3,(H,19,20). The third-order valence-corrected chi connectivity index (χ3v) is 4.56. The summed E-state index contributed by atoms with van der Waals surface area (Å²) in [6.45, 7) is 2.09. The molecule has 0 heterocycles. The van der Waals surface area contributed by atoms with Crippen LogP contribution >= 0.6 is 15.9 Å². The molecule has 2 rings (SSSR count). The van der Waals surface area contributed by atoms with Crippen molar-refractivity contribution in [3.63, 3.8) is 0 Å². The average molecular weight is 339 g/mol. The van der Waals surface area contributed by atoms with Gasteiger partial charge < -0.3 is 11.1 Å². The van der Waals surface area contributed by atoms with Gasteiger partial charge in [0.1, 0.15) is 0 Å². The minimum atomic E-state index is 0.157. The zero-order valence-corrected chi connectivity index (χ0v) is 13.6. The number of aryl methyl sites for hydroxylation is 2. The van der Waals surface area contributed by atoms with Crippen LogP contribution in [0.5, 0.6) is 0 Å². The van der Waals surface area contributed by atoms with Gasteiger partial charge in [-0.05, 0) is 62.3 Å². The maximum atomic E-state index is 12.0. The van der Waals surface area contributed by atoms with E-state index < -0.39 is 0 Å². The van der Waals surface area contributed by atoms with Crippen LogP contribution in [-0.2, 0) is 11.2 Å². The molecule has 0 spiro atoms. The van der Waals surface area contributed by atoms with Crippen LogP contribution in [-0.4, -0.2) is 18.0 Å². The summed E-state index contributed by atoms with van der Waals surface area (Å²) in [5, 5.41) is 3.14. The Morgan fingerprint density at radius 1 is 1.35 bits per heavy atom. The summed E-state index contributed by atoms with van der Waals surface area (Å²) >= 11 is 3.48. The van der Waals surface area contributed by atoms with Crippen LogP contribution in [0.15, 0.2) is 22.7 Å². The molecule has 1 aromatic carbocycles. The van der Waals surface area contributed by atoms with Crippen LogP contribution in [0.4, 0.5) is 0 Å². The van der Waals surface area contributed by atoms with E-state index in [-0.39, 0.29) is 5.91 Å². The SMILES string of the molecule is Cc1ccc(Br)cc1CCC(=O)NC1CCC(N)CC1. The van der Waals surface area contributed by atoms with Crippen molar-refractivity contribution in [1.82, 2.24) is 5.32 Å². The molecule has 20 heavy (non-hydrogen) atoms. The van der Waals surface area contributed by atoms with Gasteiger partial charge in [-0.3, -0.25) is 4.79 Å². The molecule has 1 amide bonds. The Morgan fingerprint density at radius 3 is 2.75 bits per heavy atom. The molecule has 0 bridgehead atoms. The molecule has 1 saturated carbocycles. The molecule has 110 valence electrons. The molecule has 0 saturated heterocycles. The number of hydrogen-bond acceptors (Lipinski definition) is 2. The van der Waals surface area contributed by atoms with Crippen molar-refractivity contribution in [2.75, 3.05) is 0 Å². The molecule has 1 aromatic rings. The van der Waals surface area contributed by atoms with E-state index in [1.165, 1.54) is 11.1 Å². The normalized spacial score (nSPS) is 22.6. The van der Waals surface area contributed by atoms with Crippen molar-refractivity contribution >= 4 is 21.8 Å². The van der Waals surface area contributed by atoms with Crippen molar-refractivity contribution in [1.29, 1.82) is 0 Å². The Morgan fingerprint density at radius 2 is 2.05 bits per heavy atom. The predicted octanol–water partition coefficient (Wildman–Crippen LogP) is 3.08. The Labute approximate surface area is 129 Å². The number of amides is 1. The molecule has 0 atom stereocenters. The number of carbonyl (C=O) groups is 1. The van der Waals surface area contributed by atoms with Crippen LogP contribution < -0.4 is 11.1 Å². The van der Waals surface area contributed by atoms with Gasteiger partial charge in [-0.1, -0.05) is 22.0 Å². The molecule has 0 aliphatic heterocycles. The van der Waals surface area contributed by atoms with Crippen molar-refractivity contribution in [3.8, 4) is 0 Å². The maximum Gasteiger partial charge on any atom is 0.220 e. The molecule has 3 N–H and O–H groups in total. The first-order valence-electron chi connectivity index (χ1n) is 7.34. The van der Waals surface area contributed by atoms with E-state index in [9.17, 15) is 4.79 Å². The van der Waals surface area contributed by atoms with Gasteiger partial charge in [0.25, 0.3) is 0 Å². The summed E-state index contributed by atoms with van der Waals surface area (Å²) in [5.41, 5.74) is 8.35. The summed E-state index contributed by atoms with van der Waals surface area (Å²) in [4.78, 5) is 12.0. The first kappa shape index (κ1) is 15.5. The number of halogens is 1. The number of nitrogens with two attached hydrogens (primary N) is 1. The number of carbonyl (C=O) groups excluding carboxylic acids is 1. The second-order valence-electron chi connectivity index (χ2n) is 5.75. The highest BCUT2D eigenvalue weighted by atomic mass is 79.9. The summed E-state index contributed by atoms with van der Waals surface area (Å²) in [6, 6.07) is 6.87. The molecule has 0 radical (unpaired) electrons. The zero-order chi connectivity index (χ0) is 14.5. The highest BCUT2D eigenvalue weighted by Gasteiger charge is 2.19. The molecule has 0 aromatic heterocycles. The highest BCUT2D eigenvalue weighted by Crippen LogP contribution is 2.19. The van der Waals surface area contributed by atoms with Crippen LogP contribution in [0.25, 0.3) is 0 Å². The maximum absolute atomic E-state index is 12.0. The first-order valence-corrected chi connectivity index (χ1v) is 8.14. The van der Waals surface area contributed by atoms with E-state index in [0.29, 0.717) is 18.5 Å². The Balaban J connectivity index is 1.79. The molecular weight excluding hydrogens is 316 g/mol. The van der Waals surface area contributed by atoms with E-state index in [4.69, 9.17) is 5.73 Å². The number of rotatable bonds is 4.